The van der Waals surface area contributed by atoms with Crippen molar-refractivity contribution >= 4 is 5.69 Å². The fraction of sp³-hybridized carbons (Fsp3) is 0.438. The first-order chi connectivity index (χ1) is 9.27. The number of phenols is 1. The van der Waals surface area contributed by atoms with Gasteiger partial charge in [-0.1, -0.05) is 26.8 Å². The van der Waals surface area contributed by atoms with Crippen molar-refractivity contribution in [3.05, 3.63) is 41.2 Å². The molecule has 4 nitrogen and oxygen atoms in total. The average molecular weight is 273 g/mol. The van der Waals surface area contributed by atoms with E-state index < -0.39 is 0 Å². The van der Waals surface area contributed by atoms with E-state index in [0.717, 1.165) is 16.9 Å². The summed E-state index contributed by atoms with van der Waals surface area (Å²) in [7, 11) is 1.94. The molecule has 0 atom stereocenters. The maximum atomic E-state index is 9.73. The average Bonchev–Trinajstić information content (AvgIpc) is 2.72. The van der Waals surface area contributed by atoms with Gasteiger partial charge in [0.15, 0.2) is 0 Å². The van der Waals surface area contributed by atoms with Crippen molar-refractivity contribution in [3.63, 3.8) is 0 Å². The summed E-state index contributed by atoms with van der Waals surface area (Å²) in [5, 5.41) is 17.6. The minimum absolute atomic E-state index is 0.0215. The minimum Gasteiger partial charge on any atom is -0.508 e. The van der Waals surface area contributed by atoms with Gasteiger partial charge in [-0.25, -0.2) is 0 Å². The molecule has 4 heteroatoms. The Hall–Kier alpha value is -1.97. The zero-order valence-electron chi connectivity index (χ0n) is 12.9. The summed E-state index contributed by atoms with van der Waals surface area (Å²) in [4.78, 5) is 0. The van der Waals surface area contributed by atoms with Crippen molar-refractivity contribution in [2.75, 3.05) is 5.32 Å². The first-order valence-corrected chi connectivity index (χ1v) is 6.84. The van der Waals surface area contributed by atoms with Gasteiger partial charge >= 0.3 is 0 Å². The summed E-state index contributed by atoms with van der Waals surface area (Å²) < 4.78 is 1.85. The van der Waals surface area contributed by atoms with Gasteiger partial charge < -0.3 is 10.4 Å². The Morgan fingerprint density at radius 1 is 1.30 bits per heavy atom. The molecule has 0 radical (unpaired) electrons. The summed E-state index contributed by atoms with van der Waals surface area (Å²) in [6, 6.07) is 5.64. The Bertz CT molecular complexity index is 609. The maximum Gasteiger partial charge on any atom is 0.120 e. The molecule has 0 aliphatic carbocycles. The highest BCUT2D eigenvalue weighted by Gasteiger charge is 2.21. The zero-order chi connectivity index (χ0) is 14.9. The molecule has 0 spiro atoms. The third kappa shape index (κ3) is 3.13. The number of anilines is 1. The second kappa shape index (κ2) is 5.19. The molecule has 2 aromatic rings. The molecule has 0 saturated heterocycles. The predicted octanol–water partition coefficient (Wildman–Crippen LogP) is 3.34. The summed E-state index contributed by atoms with van der Waals surface area (Å²) in [5.74, 6) is 0.317. The largest absolute Gasteiger partial charge is 0.508 e. The standard InChI is InChI=1S/C16H23N3O/c1-11-6-7-13(8-14(11)20)17-9-12-10-19(5)18-15(12)16(2,3)4/h6-8,10,17,20H,9H2,1-5H3. The highest BCUT2D eigenvalue weighted by molar-refractivity contribution is 5.51. The molecule has 20 heavy (non-hydrogen) atoms. The Kier molecular flexibility index (Phi) is 3.75. The van der Waals surface area contributed by atoms with Crippen molar-refractivity contribution in [2.45, 2.75) is 39.7 Å². The van der Waals surface area contributed by atoms with Crippen molar-refractivity contribution < 1.29 is 5.11 Å². The van der Waals surface area contributed by atoms with E-state index in [2.05, 4.69) is 31.2 Å². The second-order valence-electron chi connectivity index (χ2n) is 6.28. The smallest absolute Gasteiger partial charge is 0.120 e. The van der Waals surface area contributed by atoms with Gasteiger partial charge in [-0.2, -0.15) is 5.10 Å². The van der Waals surface area contributed by atoms with E-state index in [0.29, 0.717) is 12.3 Å². The zero-order valence-corrected chi connectivity index (χ0v) is 12.9. The summed E-state index contributed by atoms with van der Waals surface area (Å²) in [6.45, 7) is 9.07. The fourth-order valence-corrected chi connectivity index (χ4v) is 2.22. The molecule has 108 valence electrons. The van der Waals surface area contributed by atoms with Crippen LogP contribution in [0.4, 0.5) is 5.69 Å². The monoisotopic (exact) mass is 273 g/mol. The SMILES string of the molecule is Cc1ccc(NCc2cn(C)nc2C(C)(C)C)cc1O. The molecule has 2 rings (SSSR count). The summed E-state index contributed by atoms with van der Waals surface area (Å²) in [5.41, 5.74) is 4.10. The summed E-state index contributed by atoms with van der Waals surface area (Å²) >= 11 is 0. The van der Waals surface area contributed by atoms with Crippen LogP contribution in [0.2, 0.25) is 0 Å². The van der Waals surface area contributed by atoms with Crippen molar-refractivity contribution in [3.8, 4) is 5.75 Å². The Balaban J connectivity index is 2.17. The van der Waals surface area contributed by atoms with Gasteiger partial charge in [0, 0.05) is 42.5 Å². The number of hydrogen-bond acceptors (Lipinski definition) is 3. The normalized spacial score (nSPS) is 11.7. The number of nitrogens with one attached hydrogen (secondary N) is 1. The van der Waals surface area contributed by atoms with Gasteiger partial charge in [0.1, 0.15) is 5.75 Å². The Morgan fingerprint density at radius 2 is 2.00 bits per heavy atom. The number of aromatic nitrogens is 2. The first-order valence-electron chi connectivity index (χ1n) is 6.84. The van der Waals surface area contributed by atoms with Gasteiger partial charge in [0.05, 0.1) is 5.69 Å². The molecule has 0 unspecified atom stereocenters. The van der Waals surface area contributed by atoms with Crippen LogP contribution in [-0.4, -0.2) is 14.9 Å². The van der Waals surface area contributed by atoms with Crippen LogP contribution in [0, 0.1) is 6.92 Å². The van der Waals surface area contributed by atoms with Crippen LogP contribution < -0.4 is 5.32 Å². The molecule has 1 aromatic heterocycles. The van der Waals surface area contributed by atoms with Crippen LogP contribution in [0.3, 0.4) is 0 Å². The molecule has 0 saturated carbocycles. The number of nitrogens with zero attached hydrogens (tertiary/aromatic N) is 2. The van der Waals surface area contributed by atoms with E-state index >= 15 is 0 Å². The Labute approximate surface area is 120 Å². The lowest BCUT2D eigenvalue weighted by atomic mass is 9.89. The van der Waals surface area contributed by atoms with Gasteiger partial charge in [-0.05, 0) is 18.6 Å². The van der Waals surface area contributed by atoms with Crippen LogP contribution in [0.1, 0.15) is 37.6 Å². The number of hydrogen-bond donors (Lipinski definition) is 2. The van der Waals surface area contributed by atoms with E-state index in [4.69, 9.17) is 0 Å². The van der Waals surface area contributed by atoms with Gasteiger partial charge in [-0.3, -0.25) is 4.68 Å². The van der Waals surface area contributed by atoms with Crippen LogP contribution in [0.5, 0.6) is 5.75 Å². The highest BCUT2D eigenvalue weighted by Crippen LogP contribution is 2.26. The lowest BCUT2D eigenvalue weighted by Gasteiger charge is -2.18. The molecule has 0 amide bonds. The van der Waals surface area contributed by atoms with Crippen LogP contribution >= 0.6 is 0 Å². The van der Waals surface area contributed by atoms with E-state index in [1.54, 1.807) is 6.07 Å². The third-order valence-electron chi connectivity index (χ3n) is 3.31. The molecule has 2 N–H and O–H groups in total. The van der Waals surface area contributed by atoms with Crippen LogP contribution in [0.15, 0.2) is 24.4 Å². The number of phenolic OH excluding ortho intramolecular Hbond substituents is 1. The van der Waals surface area contributed by atoms with Crippen molar-refractivity contribution in [1.29, 1.82) is 0 Å². The molecular formula is C16H23N3O. The number of aryl methyl sites for hydroxylation is 2. The molecule has 1 heterocycles. The second-order valence-corrected chi connectivity index (χ2v) is 6.28. The van der Waals surface area contributed by atoms with E-state index in [1.807, 2.05) is 37.0 Å². The topological polar surface area (TPSA) is 50.1 Å². The fourth-order valence-electron chi connectivity index (χ4n) is 2.22. The highest BCUT2D eigenvalue weighted by atomic mass is 16.3. The van der Waals surface area contributed by atoms with E-state index in [-0.39, 0.29) is 5.41 Å². The minimum atomic E-state index is 0.0215. The van der Waals surface area contributed by atoms with Gasteiger partial charge in [0.2, 0.25) is 0 Å². The number of benzene rings is 1. The molecule has 1 aromatic carbocycles. The molecule has 0 bridgehead atoms. The maximum absolute atomic E-state index is 9.73. The quantitative estimate of drug-likeness (QED) is 0.901. The molecule has 0 aliphatic rings. The van der Waals surface area contributed by atoms with Crippen molar-refractivity contribution in [2.24, 2.45) is 7.05 Å². The van der Waals surface area contributed by atoms with Gasteiger partial charge in [-0.15, -0.1) is 0 Å². The number of rotatable bonds is 3. The molecule has 0 aliphatic heterocycles. The van der Waals surface area contributed by atoms with Crippen LogP contribution in [0.25, 0.3) is 0 Å². The lowest BCUT2D eigenvalue weighted by Crippen LogP contribution is -2.16. The molecular weight excluding hydrogens is 250 g/mol. The van der Waals surface area contributed by atoms with E-state index in [1.165, 1.54) is 5.56 Å². The number of aromatic hydroxyl groups is 1. The van der Waals surface area contributed by atoms with Crippen LogP contribution in [-0.2, 0) is 19.0 Å². The van der Waals surface area contributed by atoms with E-state index in [9.17, 15) is 5.11 Å². The lowest BCUT2D eigenvalue weighted by molar-refractivity contribution is 0.471. The van der Waals surface area contributed by atoms with Crippen molar-refractivity contribution in [1.82, 2.24) is 9.78 Å². The predicted molar refractivity (Wildman–Crippen MR) is 82.1 cm³/mol. The van der Waals surface area contributed by atoms with Gasteiger partial charge in [0.25, 0.3) is 0 Å². The summed E-state index contributed by atoms with van der Waals surface area (Å²) in [6.07, 6.45) is 2.04. The third-order valence-corrected chi connectivity index (χ3v) is 3.31. The first kappa shape index (κ1) is 14.4. The molecule has 0 fully saturated rings. The Morgan fingerprint density at radius 3 is 2.60 bits per heavy atom.